The lowest BCUT2D eigenvalue weighted by Crippen LogP contribution is -2.00. The van der Waals surface area contributed by atoms with E-state index in [9.17, 15) is 17.4 Å². The third-order valence-electron chi connectivity index (χ3n) is 1.03. The van der Waals surface area contributed by atoms with Gasteiger partial charge in [-0.3, -0.25) is 0 Å². The van der Waals surface area contributed by atoms with Crippen molar-refractivity contribution in [3.8, 4) is 0 Å². The van der Waals surface area contributed by atoms with Crippen molar-refractivity contribution < 1.29 is 21.9 Å². The second-order valence-corrected chi connectivity index (χ2v) is 4.15. The zero-order valence-electron chi connectivity index (χ0n) is 5.46. The Labute approximate surface area is 72.3 Å². The molecule has 1 unspecified atom stereocenters. The van der Waals surface area contributed by atoms with Crippen molar-refractivity contribution in [1.82, 2.24) is 0 Å². The van der Waals surface area contributed by atoms with Crippen molar-refractivity contribution in [2.24, 2.45) is 0 Å². The zero-order valence-corrected chi connectivity index (χ0v) is 7.09. The molecule has 68 valence electrons. The molecule has 1 aromatic rings. The molecule has 0 spiro atoms. The van der Waals surface area contributed by atoms with Crippen molar-refractivity contribution >= 4 is 22.4 Å². The molecule has 1 aromatic heterocycles. The first kappa shape index (κ1) is 9.69. The van der Waals surface area contributed by atoms with E-state index in [1.807, 2.05) is 0 Å². The fourth-order valence-electron chi connectivity index (χ4n) is 0.566. The van der Waals surface area contributed by atoms with Gasteiger partial charge in [-0.1, -0.05) is 0 Å². The minimum absolute atomic E-state index is 0.192. The van der Waals surface area contributed by atoms with Crippen LogP contribution < -0.4 is 0 Å². The van der Waals surface area contributed by atoms with Gasteiger partial charge in [-0.25, -0.2) is 4.21 Å². The van der Waals surface area contributed by atoms with Crippen LogP contribution in [0.15, 0.2) is 16.3 Å². The summed E-state index contributed by atoms with van der Waals surface area (Å²) in [6.07, 6.45) is -4.43. The highest BCUT2D eigenvalue weighted by Gasteiger charge is 2.32. The topological polar surface area (TPSA) is 37.3 Å². The van der Waals surface area contributed by atoms with Gasteiger partial charge in [0.05, 0.1) is 0 Å². The maximum absolute atomic E-state index is 11.9. The molecule has 0 aliphatic carbocycles. The molecule has 0 aliphatic rings. The van der Waals surface area contributed by atoms with Crippen molar-refractivity contribution in [3.05, 3.63) is 17.0 Å². The van der Waals surface area contributed by atoms with E-state index in [4.69, 9.17) is 4.55 Å². The van der Waals surface area contributed by atoms with Gasteiger partial charge >= 0.3 is 6.18 Å². The van der Waals surface area contributed by atoms with Crippen LogP contribution in [-0.2, 0) is 17.3 Å². The Hall–Kier alpha value is -0.400. The molecule has 0 fully saturated rings. The third-order valence-corrected chi connectivity index (χ3v) is 3.12. The van der Waals surface area contributed by atoms with Gasteiger partial charge in [-0.05, 0) is 12.1 Å². The molecule has 1 N–H and O–H groups in total. The lowest BCUT2D eigenvalue weighted by molar-refractivity contribution is -0.134. The smallest absolute Gasteiger partial charge is 0.302 e. The molecule has 7 heteroatoms. The number of rotatable bonds is 1. The number of thiophene rings is 1. The van der Waals surface area contributed by atoms with Gasteiger partial charge in [-0.2, -0.15) is 13.2 Å². The molecule has 0 saturated heterocycles. The van der Waals surface area contributed by atoms with Crippen LogP contribution in [0.3, 0.4) is 0 Å². The number of alkyl halides is 3. The monoisotopic (exact) mass is 216 g/mol. The highest BCUT2D eigenvalue weighted by molar-refractivity contribution is 7.81. The molecule has 12 heavy (non-hydrogen) atoms. The number of hydrogen-bond donors (Lipinski definition) is 1. The van der Waals surface area contributed by atoms with E-state index in [0.717, 1.165) is 12.1 Å². The minimum atomic E-state index is -4.43. The van der Waals surface area contributed by atoms with Crippen molar-refractivity contribution in [2.75, 3.05) is 0 Å². The summed E-state index contributed by atoms with van der Waals surface area (Å²) in [7, 11) is 0. The van der Waals surface area contributed by atoms with Crippen LogP contribution in [0.25, 0.3) is 0 Å². The SMILES string of the molecule is O=S(O)c1ccc(C(F)(F)F)s1. The Morgan fingerprint density at radius 1 is 1.42 bits per heavy atom. The zero-order chi connectivity index (χ0) is 9.35. The Morgan fingerprint density at radius 3 is 2.25 bits per heavy atom. The Balaban J connectivity index is 3.00. The third kappa shape index (κ3) is 2.05. The summed E-state index contributed by atoms with van der Waals surface area (Å²) in [6, 6.07) is 1.78. The molecule has 1 atom stereocenters. The fourth-order valence-corrected chi connectivity index (χ4v) is 1.91. The molecule has 2 nitrogen and oxygen atoms in total. The molecule has 0 saturated carbocycles. The molecule has 1 heterocycles. The average Bonchev–Trinajstić information content (AvgIpc) is 2.30. The predicted molar refractivity (Wildman–Crippen MR) is 38.4 cm³/mol. The normalized spacial score (nSPS) is 14.7. The van der Waals surface area contributed by atoms with Crippen LogP contribution >= 0.6 is 11.3 Å². The van der Waals surface area contributed by atoms with E-state index in [-0.39, 0.29) is 15.5 Å². The largest absolute Gasteiger partial charge is 0.425 e. The van der Waals surface area contributed by atoms with Crippen molar-refractivity contribution in [2.45, 2.75) is 10.4 Å². The lowest BCUT2D eigenvalue weighted by Gasteiger charge is -1.99. The van der Waals surface area contributed by atoms with Gasteiger partial charge in [0.2, 0.25) is 0 Å². The van der Waals surface area contributed by atoms with E-state index in [1.54, 1.807) is 0 Å². The van der Waals surface area contributed by atoms with Crippen LogP contribution in [0.4, 0.5) is 13.2 Å². The van der Waals surface area contributed by atoms with Crippen LogP contribution in [0.2, 0.25) is 0 Å². The quantitative estimate of drug-likeness (QED) is 0.731. The van der Waals surface area contributed by atoms with Gasteiger partial charge in [0.15, 0.2) is 11.1 Å². The van der Waals surface area contributed by atoms with Gasteiger partial charge in [-0.15, -0.1) is 11.3 Å². The maximum atomic E-state index is 11.9. The highest BCUT2D eigenvalue weighted by atomic mass is 32.2. The summed E-state index contributed by atoms with van der Waals surface area (Å²) in [4.78, 5) is -0.861. The molecule has 0 aromatic carbocycles. The molecule has 0 amide bonds. The second kappa shape index (κ2) is 3.15. The Kier molecular flexibility index (Phi) is 2.55. The van der Waals surface area contributed by atoms with Crippen LogP contribution in [-0.4, -0.2) is 8.76 Å². The summed E-state index contributed by atoms with van der Waals surface area (Å²) in [6.45, 7) is 0. The summed E-state index contributed by atoms with van der Waals surface area (Å²) >= 11 is -2.05. The number of hydrogen-bond acceptors (Lipinski definition) is 2. The van der Waals surface area contributed by atoms with E-state index in [2.05, 4.69) is 0 Å². The minimum Gasteiger partial charge on any atom is -0.302 e. The van der Waals surface area contributed by atoms with E-state index in [0.29, 0.717) is 0 Å². The first-order chi connectivity index (χ1) is 5.41. The molecule has 0 radical (unpaired) electrons. The highest BCUT2D eigenvalue weighted by Crippen LogP contribution is 2.35. The predicted octanol–water partition coefficient (Wildman–Crippen LogP) is 2.35. The molecule has 0 bridgehead atoms. The maximum Gasteiger partial charge on any atom is 0.425 e. The van der Waals surface area contributed by atoms with Gasteiger partial charge in [0.1, 0.15) is 9.09 Å². The molecular formula is C5H3F3O2S2. The van der Waals surface area contributed by atoms with Gasteiger partial charge < -0.3 is 4.55 Å². The standard InChI is InChI=1S/C5H3F3O2S2/c6-5(7,8)3-1-2-4(11-3)12(9)10/h1-2H,(H,9,10). The fraction of sp³-hybridized carbons (Fsp3) is 0.200. The van der Waals surface area contributed by atoms with Crippen LogP contribution in [0, 0.1) is 0 Å². The first-order valence-electron chi connectivity index (χ1n) is 2.69. The Bertz CT molecular complexity index is 304. The summed E-state index contributed by atoms with van der Waals surface area (Å²) in [5.41, 5.74) is 0. The lowest BCUT2D eigenvalue weighted by atomic mass is 10.5. The van der Waals surface area contributed by atoms with E-state index < -0.39 is 22.1 Å². The van der Waals surface area contributed by atoms with Crippen molar-refractivity contribution in [1.29, 1.82) is 0 Å². The van der Waals surface area contributed by atoms with Gasteiger partial charge in [0, 0.05) is 0 Å². The molecule has 1 rings (SSSR count). The van der Waals surface area contributed by atoms with Crippen LogP contribution in [0.1, 0.15) is 4.88 Å². The first-order valence-corrected chi connectivity index (χ1v) is 4.61. The Morgan fingerprint density at radius 2 is 2.00 bits per heavy atom. The summed E-state index contributed by atoms with van der Waals surface area (Å²) in [5.74, 6) is 0. The molecular weight excluding hydrogens is 213 g/mol. The van der Waals surface area contributed by atoms with Gasteiger partial charge in [0.25, 0.3) is 0 Å². The summed E-state index contributed by atoms with van der Waals surface area (Å²) < 4.78 is 54.2. The molecule has 0 aliphatic heterocycles. The van der Waals surface area contributed by atoms with E-state index >= 15 is 0 Å². The van der Waals surface area contributed by atoms with Crippen molar-refractivity contribution in [3.63, 3.8) is 0 Å². The van der Waals surface area contributed by atoms with E-state index in [1.165, 1.54) is 0 Å². The van der Waals surface area contributed by atoms with Crippen LogP contribution in [0.5, 0.6) is 0 Å². The second-order valence-electron chi connectivity index (χ2n) is 1.87. The number of halogens is 3. The summed E-state index contributed by atoms with van der Waals surface area (Å²) in [5, 5.41) is 0. The average molecular weight is 216 g/mol.